The second-order valence-corrected chi connectivity index (χ2v) is 4.84. The summed E-state index contributed by atoms with van der Waals surface area (Å²) in [6.45, 7) is 6.36. The molecule has 0 bridgehead atoms. The van der Waals surface area contributed by atoms with Gasteiger partial charge in [-0.3, -0.25) is 4.79 Å². The van der Waals surface area contributed by atoms with Crippen LogP contribution in [0.15, 0.2) is 24.3 Å². The SMILES string of the molecule is CCC(CC)(CO)NCc1ccccc1NC(C)=O. The molecule has 106 valence electrons. The van der Waals surface area contributed by atoms with Crippen LogP contribution in [0.25, 0.3) is 0 Å². The van der Waals surface area contributed by atoms with Crippen molar-refractivity contribution >= 4 is 11.6 Å². The molecule has 1 rings (SSSR count). The van der Waals surface area contributed by atoms with E-state index in [4.69, 9.17) is 0 Å². The number of rotatable bonds is 7. The molecule has 1 amide bonds. The van der Waals surface area contributed by atoms with Crippen molar-refractivity contribution in [2.24, 2.45) is 0 Å². The zero-order chi connectivity index (χ0) is 14.3. The fourth-order valence-electron chi connectivity index (χ4n) is 2.05. The zero-order valence-corrected chi connectivity index (χ0v) is 12.0. The lowest BCUT2D eigenvalue weighted by Crippen LogP contribution is -2.47. The molecule has 19 heavy (non-hydrogen) atoms. The average molecular weight is 264 g/mol. The van der Waals surface area contributed by atoms with E-state index in [1.807, 2.05) is 24.3 Å². The van der Waals surface area contributed by atoms with Gasteiger partial charge < -0.3 is 15.7 Å². The second-order valence-electron chi connectivity index (χ2n) is 4.84. The summed E-state index contributed by atoms with van der Waals surface area (Å²) >= 11 is 0. The maximum atomic E-state index is 11.2. The van der Waals surface area contributed by atoms with Gasteiger partial charge in [0.05, 0.1) is 6.61 Å². The summed E-state index contributed by atoms with van der Waals surface area (Å²) in [5.74, 6) is -0.0770. The van der Waals surface area contributed by atoms with Crippen molar-refractivity contribution in [1.82, 2.24) is 5.32 Å². The van der Waals surface area contributed by atoms with Gasteiger partial charge in [0.25, 0.3) is 0 Å². The second kappa shape index (κ2) is 7.26. The molecule has 0 heterocycles. The smallest absolute Gasteiger partial charge is 0.221 e. The fraction of sp³-hybridized carbons (Fsp3) is 0.533. The van der Waals surface area contributed by atoms with Crippen LogP contribution in [0.3, 0.4) is 0 Å². The Labute approximate surface area is 115 Å². The Morgan fingerprint density at radius 2 is 1.89 bits per heavy atom. The Morgan fingerprint density at radius 3 is 2.42 bits per heavy atom. The number of hydrogen-bond acceptors (Lipinski definition) is 3. The Bertz CT molecular complexity index is 406. The molecule has 0 fully saturated rings. The van der Waals surface area contributed by atoms with Crippen LogP contribution in [-0.2, 0) is 11.3 Å². The van der Waals surface area contributed by atoms with Gasteiger partial charge in [0.1, 0.15) is 0 Å². The standard InChI is InChI=1S/C15H24N2O2/c1-4-15(5-2,11-18)16-10-13-8-6-7-9-14(13)17-12(3)19/h6-9,16,18H,4-5,10-11H2,1-3H3,(H,17,19). The van der Waals surface area contributed by atoms with Crippen molar-refractivity contribution in [1.29, 1.82) is 0 Å². The molecule has 0 spiro atoms. The maximum Gasteiger partial charge on any atom is 0.221 e. The average Bonchev–Trinajstić information content (AvgIpc) is 2.42. The molecule has 0 saturated heterocycles. The highest BCUT2D eigenvalue weighted by Crippen LogP contribution is 2.19. The van der Waals surface area contributed by atoms with Crippen LogP contribution < -0.4 is 10.6 Å². The summed E-state index contributed by atoms with van der Waals surface area (Å²) in [6, 6.07) is 7.71. The van der Waals surface area contributed by atoms with Crippen LogP contribution in [0.5, 0.6) is 0 Å². The molecule has 0 saturated carbocycles. The molecular weight excluding hydrogens is 240 g/mol. The van der Waals surface area contributed by atoms with Gasteiger partial charge in [0, 0.05) is 24.7 Å². The van der Waals surface area contributed by atoms with Gasteiger partial charge in [-0.25, -0.2) is 0 Å². The van der Waals surface area contributed by atoms with Crippen LogP contribution >= 0.6 is 0 Å². The molecule has 0 aromatic heterocycles. The number of para-hydroxylation sites is 1. The van der Waals surface area contributed by atoms with Crippen LogP contribution in [0, 0.1) is 0 Å². The summed E-state index contributed by atoms with van der Waals surface area (Å²) in [6.07, 6.45) is 1.73. The first-order chi connectivity index (χ1) is 9.06. The van der Waals surface area contributed by atoms with Crippen molar-refractivity contribution < 1.29 is 9.90 Å². The quantitative estimate of drug-likeness (QED) is 0.708. The summed E-state index contributed by atoms with van der Waals surface area (Å²) in [5, 5.41) is 15.8. The van der Waals surface area contributed by atoms with Crippen molar-refractivity contribution in [2.45, 2.75) is 45.7 Å². The molecule has 3 N–H and O–H groups in total. The van der Waals surface area contributed by atoms with E-state index in [1.54, 1.807) is 0 Å². The summed E-state index contributed by atoms with van der Waals surface area (Å²) in [5.41, 5.74) is 1.60. The van der Waals surface area contributed by atoms with Crippen molar-refractivity contribution in [2.75, 3.05) is 11.9 Å². The van der Waals surface area contributed by atoms with Crippen LogP contribution in [0.2, 0.25) is 0 Å². The van der Waals surface area contributed by atoms with Gasteiger partial charge in [-0.1, -0.05) is 32.0 Å². The van der Waals surface area contributed by atoms with Crippen LogP contribution in [-0.4, -0.2) is 23.2 Å². The molecule has 1 aromatic carbocycles. The van der Waals surface area contributed by atoms with E-state index in [9.17, 15) is 9.90 Å². The summed E-state index contributed by atoms with van der Waals surface area (Å²) in [7, 11) is 0. The monoisotopic (exact) mass is 264 g/mol. The Balaban J connectivity index is 2.79. The Hall–Kier alpha value is -1.39. The molecule has 0 aliphatic carbocycles. The zero-order valence-electron chi connectivity index (χ0n) is 12.0. The summed E-state index contributed by atoms with van der Waals surface area (Å²) in [4.78, 5) is 11.2. The molecule has 4 heteroatoms. The number of aliphatic hydroxyl groups is 1. The van der Waals surface area contributed by atoms with Gasteiger partial charge >= 0.3 is 0 Å². The molecular formula is C15H24N2O2. The largest absolute Gasteiger partial charge is 0.394 e. The first kappa shape index (κ1) is 15.7. The highest BCUT2D eigenvalue weighted by Gasteiger charge is 2.24. The molecule has 0 radical (unpaired) electrons. The highest BCUT2D eigenvalue weighted by atomic mass is 16.3. The fourth-order valence-corrected chi connectivity index (χ4v) is 2.05. The predicted molar refractivity (Wildman–Crippen MR) is 78.0 cm³/mol. The van der Waals surface area contributed by atoms with E-state index in [0.29, 0.717) is 6.54 Å². The minimum atomic E-state index is -0.247. The van der Waals surface area contributed by atoms with Gasteiger partial charge in [0.2, 0.25) is 5.91 Å². The predicted octanol–water partition coefficient (Wildman–Crippen LogP) is 2.29. The van der Waals surface area contributed by atoms with Crippen molar-refractivity contribution in [3.63, 3.8) is 0 Å². The number of amides is 1. The lowest BCUT2D eigenvalue weighted by atomic mass is 9.93. The number of anilines is 1. The van der Waals surface area contributed by atoms with Gasteiger partial charge in [0.15, 0.2) is 0 Å². The maximum absolute atomic E-state index is 11.2. The van der Waals surface area contributed by atoms with Crippen molar-refractivity contribution in [3.8, 4) is 0 Å². The van der Waals surface area contributed by atoms with Crippen LogP contribution in [0.1, 0.15) is 39.2 Å². The van der Waals surface area contributed by atoms with Gasteiger partial charge in [-0.05, 0) is 24.5 Å². The number of aliphatic hydroxyl groups excluding tert-OH is 1. The molecule has 4 nitrogen and oxygen atoms in total. The third-order valence-corrected chi connectivity index (χ3v) is 3.64. The first-order valence-corrected chi connectivity index (χ1v) is 6.78. The van der Waals surface area contributed by atoms with E-state index in [2.05, 4.69) is 24.5 Å². The number of nitrogens with one attached hydrogen (secondary N) is 2. The summed E-state index contributed by atoms with van der Waals surface area (Å²) < 4.78 is 0. The molecule has 0 unspecified atom stereocenters. The normalized spacial score (nSPS) is 11.4. The number of benzene rings is 1. The lowest BCUT2D eigenvalue weighted by Gasteiger charge is -2.31. The van der Waals surface area contributed by atoms with E-state index in [1.165, 1.54) is 6.92 Å². The van der Waals surface area contributed by atoms with E-state index >= 15 is 0 Å². The van der Waals surface area contributed by atoms with E-state index in [0.717, 1.165) is 24.1 Å². The highest BCUT2D eigenvalue weighted by molar-refractivity contribution is 5.89. The minimum Gasteiger partial charge on any atom is -0.394 e. The first-order valence-electron chi connectivity index (χ1n) is 6.78. The molecule has 0 aliphatic rings. The van der Waals surface area contributed by atoms with E-state index in [-0.39, 0.29) is 18.1 Å². The third kappa shape index (κ3) is 4.33. The Morgan fingerprint density at radius 1 is 1.26 bits per heavy atom. The van der Waals surface area contributed by atoms with Crippen molar-refractivity contribution in [3.05, 3.63) is 29.8 Å². The minimum absolute atomic E-state index is 0.0770. The number of hydrogen-bond donors (Lipinski definition) is 3. The van der Waals surface area contributed by atoms with E-state index < -0.39 is 0 Å². The molecule has 1 aromatic rings. The topological polar surface area (TPSA) is 61.4 Å². The number of carbonyl (C=O) groups is 1. The molecule has 0 atom stereocenters. The Kier molecular flexibility index (Phi) is 5.99. The van der Waals surface area contributed by atoms with Gasteiger partial charge in [-0.2, -0.15) is 0 Å². The lowest BCUT2D eigenvalue weighted by molar-refractivity contribution is -0.114. The van der Waals surface area contributed by atoms with Crippen LogP contribution in [0.4, 0.5) is 5.69 Å². The van der Waals surface area contributed by atoms with Gasteiger partial charge in [-0.15, -0.1) is 0 Å². The third-order valence-electron chi connectivity index (χ3n) is 3.64. The number of carbonyl (C=O) groups excluding carboxylic acids is 1. The molecule has 0 aliphatic heterocycles.